The van der Waals surface area contributed by atoms with E-state index in [-0.39, 0.29) is 5.56 Å². The van der Waals surface area contributed by atoms with Gasteiger partial charge in [-0.1, -0.05) is 6.07 Å². The number of rotatable bonds is 2. The lowest BCUT2D eigenvalue weighted by Crippen LogP contribution is -1.92. The van der Waals surface area contributed by atoms with E-state index in [0.717, 1.165) is 0 Å². The molecule has 2 nitrogen and oxygen atoms in total. The van der Waals surface area contributed by atoms with Crippen molar-refractivity contribution in [2.24, 2.45) is 0 Å². The van der Waals surface area contributed by atoms with Crippen LogP contribution in [0.25, 0.3) is 0 Å². The molecule has 0 spiro atoms. The fraction of sp³-hybridized carbons (Fsp3) is 0.300. The molecule has 0 bridgehead atoms. The van der Waals surface area contributed by atoms with E-state index in [1.54, 1.807) is 13.3 Å². The van der Waals surface area contributed by atoms with Gasteiger partial charge >= 0.3 is 0 Å². The van der Waals surface area contributed by atoms with Gasteiger partial charge in [-0.2, -0.15) is 5.26 Å². The van der Waals surface area contributed by atoms with Crippen molar-refractivity contribution in [2.45, 2.75) is 6.16 Å². The van der Waals surface area contributed by atoms with Gasteiger partial charge in [0.15, 0.2) is 0 Å². The van der Waals surface area contributed by atoms with Crippen LogP contribution in [0.4, 0.5) is 4.39 Å². The second kappa shape index (κ2) is 3.94. The van der Waals surface area contributed by atoms with Crippen molar-refractivity contribution in [1.29, 1.82) is 5.26 Å². The van der Waals surface area contributed by atoms with Gasteiger partial charge in [0, 0.05) is 6.16 Å². The molecule has 0 atom stereocenters. The van der Waals surface area contributed by atoms with Crippen LogP contribution in [0.15, 0.2) is 18.2 Å². The maximum absolute atomic E-state index is 12.7. The van der Waals surface area contributed by atoms with E-state index in [2.05, 4.69) is 0 Å². The van der Waals surface area contributed by atoms with E-state index < -0.39 is 13.0 Å². The Morgan fingerprint density at radius 3 is 2.64 bits per heavy atom. The van der Waals surface area contributed by atoms with E-state index in [1.807, 2.05) is 6.07 Å². The normalized spacial score (nSPS) is 11.0. The highest BCUT2D eigenvalue weighted by atomic mass is 31.2. The minimum Gasteiger partial charge on any atom is -0.324 e. The Balaban J connectivity index is 3.11. The van der Waals surface area contributed by atoms with Crippen LogP contribution in [-0.4, -0.2) is 13.3 Å². The molecule has 0 aliphatic heterocycles. The number of halogens is 1. The van der Waals surface area contributed by atoms with Gasteiger partial charge in [0.05, 0.1) is 18.8 Å². The summed E-state index contributed by atoms with van der Waals surface area (Å²) in [5.74, 6) is -0.438. The van der Waals surface area contributed by atoms with E-state index in [9.17, 15) is 8.96 Å². The van der Waals surface area contributed by atoms with Crippen molar-refractivity contribution in [2.75, 3.05) is 13.3 Å². The topological polar surface area (TPSA) is 40.9 Å². The Labute approximate surface area is 82.7 Å². The van der Waals surface area contributed by atoms with Crippen LogP contribution < -0.4 is 0 Å². The first-order valence-corrected chi connectivity index (χ1v) is 6.93. The third-order valence-corrected chi connectivity index (χ3v) is 2.85. The summed E-state index contributed by atoms with van der Waals surface area (Å²) in [5, 5.41) is 8.73. The second-order valence-corrected chi connectivity index (χ2v) is 7.11. The van der Waals surface area contributed by atoms with Gasteiger partial charge in [0.2, 0.25) is 0 Å². The van der Waals surface area contributed by atoms with Crippen molar-refractivity contribution < 1.29 is 8.96 Å². The first-order chi connectivity index (χ1) is 6.42. The third-order valence-electron chi connectivity index (χ3n) is 1.74. The molecule has 74 valence electrons. The summed E-state index contributed by atoms with van der Waals surface area (Å²) in [5.41, 5.74) is 0.927. The molecule has 4 heteroatoms. The van der Waals surface area contributed by atoms with Crippen LogP contribution in [0.5, 0.6) is 0 Å². The van der Waals surface area contributed by atoms with Crippen molar-refractivity contribution in [1.82, 2.24) is 0 Å². The molecule has 0 N–H and O–H groups in total. The molecule has 0 aliphatic rings. The number of hydrogen-bond donors (Lipinski definition) is 0. The summed E-state index contributed by atoms with van der Waals surface area (Å²) in [7, 11) is -2.22. The Morgan fingerprint density at radius 1 is 1.50 bits per heavy atom. The molecule has 1 aromatic rings. The number of nitriles is 1. The van der Waals surface area contributed by atoms with E-state index in [4.69, 9.17) is 5.26 Å². The lowest BCUT2D eigenvalue weighted by Gasteiger charge is -2.07. The molecule has 1 aromatic carbocycles. The average molecular weight is 211 g/mol. The molecule has 0 aliphatic carbocycles. The molecule has 0 heterocycles. The monoisotopic (exact) mass is 211 g/mol. The molecule has 0 fully saturated rings. The summed E-state index contributed by atoms with van der Waals surface area (Å²) in [4.78, 5) is 0. The third kappa shape index (κ3) is 2.97. The van der Waals surface area contributed by atoms with Crippen molar-refractivity contribution in [3.63, 3.8) is 0 Å². The molecular formula is C10H11FNOP. The highest BCUT2D eigenvalue weighted by molar-refractivity contribution is 7.61. The highest BCUT2D eigenvalue weighted by Crippen LogP contribution is 2.41. The van der Waals surface area contributed by atoms with Crippen LogP contribution in [0.1, 0.15) is 11.1 Å². The predicted molar refractivity (Wildman–Crippen MR) is 54.3 cm³/mol. The molecule has 0 radical (unpaired) electrons. The summed E-state index contributed by atoms with van der Waals surface area (Å²) in [6, 6.07) is 5.87. The van der Waals surface area contributed by atoms with E-state index in [1.165, 1.54) is 18.2 Å². The summed E-state index contributed by atoms with van der Waals surface area (Å²) >= 11 is 0. The molecule has 0 saturated heterocycles. The minimum absolute atomic E-state index is 0.272. The maximum atomic E-state index is 12.7. The van der Waals surface area contributed by atoms with Crippen LogP contribution in [-0.2, 0) is 10.7 Å². The number of nitrogens with zero attached hydrogens (tertiary/aromatic N) is 1. The predicted octanol–water partition coefficient (Wildman–Crippen LogP) is 2.82. The second-order valence-electron chi connectivity index (χ2n) is 3.65. The molecule has 0 saturated carbocycles. The zero-order valence-corrected chi connectivity index (χ0v) is 9.01. The molecule has 1 rings (SSSR count). The smallest absolute Gasteiger partial charge is 0.124 e. The zero-order valence-electron chi connectivity index (χ0n) is 8.12. The van der Waals surface area contributed by atoms with Crippen LogP contribution in [0, 0.1) is 17.1 Å². The molecule has 14 heavy (non-hydrogen) atoms. The van der Waals surface area contributed by atoms with Gasteiger partial charge in [0.25, 0.3) is 0 Å². The number of benzene rings is 1. The summed E-state index contributed by atoms with van der Waals surface area (Å²) in [6.45, 7) is 3.30. The molecule has 0 amide bonds. The largest absolute Gasteiger partial charge is 0.324 e. The van der Waals surface area contributed by atoms with Crippen LogP contribution in [0.2, 0.25) is 0 Å². The average Bonchev–Trinajstić information content (AvgIpc) is 2.06. The standard InChI is InChI=1S/C10H11FNOP/c1-14(2,13)7-8-3-4-10(11)5-9(8)6-12/h3-5H,7H2,1-2H3. The maximum Gasteiger partial charge on any atom is 0.124 e. The summed E-state index contributed by atoms with van der Waals surface area (Å²) in [6.07, 6.45) is 0.343. The van der Waals surface area contributed by atoms with Crippen molar-refractivity contribution >= 4 is 7.14 Å². The molecule has 0 unspecified atom stereocenters. The molecule has 0 aromatic heterocycles. The van der Waals surface area contributed by atoms with Crippen molar-refractivity contribution in [3.05, 3.63) is 35.1 Å². The first kappa shape index (κ1) is 10.9. The van der Waals surface area contributed by atoms with E-state index in [0.29, 0.717) is 11.7 Å². The fourth-order valence-corrected chi connectivity index (χ4v) is 2.30. The Kier molecular flexibility index (Phi) is 3.08. The van der Waals surface area contributed by atoms with Gasteiger partial charge in [-0.05, 0) is 31.0 Å². The zero-order chi connectivity index (χ0) is 10.8. The van der Waals surface area contributed by atoms with Gasteiger partial charge in [-0.25, -0.2) is 4.39 Å². The Bertz CT molecular complexity index is 430. The SMILES string of the molecule is CP(C)(=O)Cc1ccc(F)cc1C#N. The van der Waals surface area contributed by atoms with Gasteiger partial charge in [0.1, 0.15) is 5.82 Å². The van der Waals surface area contributed by atoms with Crippen LogP contribution >= 0.6 is 7.14 Å². The van der Waals surface area contributed by atoms with Crippen LogP contribution in [0.3, 0.4) is 0 Å². The van der Waals surface area contributed by atoms with E-state index >= 15 is 0 Å². The first-order valence-electron chi connectivity index (χ1n) is 4.15. The molecular weight excluding hydrogens is 200 g/mol. The van der Waals surface area contributed by atoms with Gasteiger partial charge < -0.3 is 4.57 Å². The highest BCUT2D eigenvalue weighted by Gasteiger charge is 2.12. The van der Waals surface area contributed by atoms with Gasteiger partial charge in [-0.3, -0.25) is 0 Å². The summed E-state index contributed by atoms with van der Waals surface area (Å²) < 4.78 is 24.3. The number of hydrogen-bond acceptors (Lipinski definition) is 2. The Hall–Kier alpha value is -1.13. The van der Waals surface area contributed by atoms with Crippen molar-refractivity contribution in [3.8, 4) is 6.07 Å². The Morgan fingerprint density at radius 2 is 2.14 bits per heavy atom. The minimum atomic E-state index is -2.22. The lowest BCUT2D eigenvalue weighted by atomic mass is 10.1. The fourth-order valence-electron chi connectivity index (χ4n) is 1.20. The quantitative estimate of drug-likeness (QED) is 0.705. The van der Waals surface area contributed by atoms with Gasteiger partial charge in [-0.15, -0.1) is 0 Å². The lowest BCUT2D eigenvalue weighted by molar-refractivity contribution is 0.581.